The molecule has 0 spiro atoms. The standard InChI is InChI=1S/C15H26O2/c16-15(14-9-5-2-6-10-14)17-12-11-13-7-3-1-4-8-13/h13-14H,1-12H2. The summed E-state index contributed by atoms with van der Waals surface area (Å²) in [5, 5.41) is 0. The Kier molecular flexibility index (Phi) is 5.34. The predicted molar refractivity (Wildman–Crippen MR) is 68.7 cm³/mol. The molecule has 0 aromatic heterocycles. The van der Waals surface area contributed by atoms with E-state index in [1.807, 2.05) is 0 Å². The zero-order valence-corrected chi connectivity index (χ0v) is 11.0. The molecule has 0 radical (unpaired) electrons. The van der Waals surface area contributed by atoms with Crippen molar-refractivity contribution >= 4 is 5.97 Å². The number of carbonyl (C=O) groups excluding carboxylic acids is 1. The van der Waals surface area contributed by atoms with Gasteiger partial charge < -0.3 is 4.74 Å². The SMILES string of the molecule is O=C(OCCC1CCCCC1)C1CCCCC1. The minimum Gasteiger partial charge on any atom is -0.465 e. The summed E-state index contributed by atoms with van der Waals surface area (Å²) in [4.78, 5) is 11.8. The lowest BCUT2D eigenvalue weighted by atomic mass is 9.87. The van der Waals surface area contributed by atoms with Crippen molar-refractivity contribution in [1.82, 2.24) is 0 Å². The lowest BCUT2D eigenvalue weighted by Gasteiger charge is -2.23. The summed E-state index contributed by atoms with van der Waals surface area (Å²) in [6, 6.07) is 0. The summed E-state index contributed by atoms with van der Waals surface area (Å²) in [5.41, 5.74) is 0. The molecule has 0 aromatic carbocycles. The average Bonchev–Trinajstić information content (AvgIpc) is 2.41. The van der Waals surface area contributed by atoms with Gasteiger partial charge in [0.2, 0.25) is 0 Å². The summed E-state index contributed by atoms with van der Waals surface area (Å²) < 4.78 is 5.45. The molecular weight excluding hydrogens is 212 g/mol. The normalized spacial score (nSPS) is 23.5. The van der Waals surface area contributed by atoms with Gasteiger partial charge in [-0.15, -0.1) is 0 Å². The maximum atomic E-state index is 11.8. The zero-order valence-electron chi connectivity index (χ0n) is 11.0. The smallest absolute Gasteiger partial charge is 0.308 e. The summed E-state index contributed by atoms with van der Waals surface area (Å²) in [6.45, 7) is 0.667. The lowest BCUT2D eigenvalue weighted by molar-refractivity contribution is -0.150. The van der Waals surface area contributed by atoms with Crippen molar-refractivity contribution < 1.29 is 9.53 Å². The summed E-state index contributed by atoms with van der Waals surface area (Å²) in [6.07, 6.45) is 13.8. The molecule has 0 unspecified atom stereocenters. The van der Waals surface area contributed by atoms with Crippen molar-refractivity contribution in [3.05, 3.63) is 0 Å². The minimum absolute atomic E-state index is 0.0838. The molecule has 2 fully saturated rings. The van der Waals surface area contributed by atoms with Crippen molar-refractivity contribution in [3.8, 4) is 0 Å². The van der Waals surface area contributed by atoms with E-state index in [-0.39, 0.29) is 11.9 Å². The van der Waals surface area contributed by atoms with E-state index >= 15 is 0 Å². The third-order valence-corrected chi connectivity index (χ3v) is 4.43. The first kappa shape index (κ1) is 12.9. The van der Waals surface area contributed by atoms with E-state index < -0.39 is 0 Å². The highest BCUT2D eigenvalue weighted by Crippen LogP contribution is 2.27. The van der Waals surface area contributed by atoms with Gasteiger partial charge in [-0.1, -0.05) is 51.4 Å². The van der Waals surface area contributed by atoms with Crippen LogP contribution < -0.4 is 0 Å². The fourth-order valence-corrected chi connectivity index (χ4v) is 3.26. The predicted octanol–water partition coefficient (Wildman–Crippen LogP) is 4.08. The fourth-order valence-electron chi connectivity index (χ4n) is 3.26. The van der Waals surface area contributed by atoms with Crippen LogP contribution in [0.3, 0.4) is 0 Å². The molecule has 2 aliphatic rings. The van der Waals surface area contributed by atoms with Gasteiger partial charge in [-0.2, -0.15) is 0 Å². The van der Waals surface area contributed by atoms with E-state index in [1.165, 1.54) is 51.4 Å². The van der Waals surface area contributed by atoms with Gasteiger partial charge in [0.15, 0.2) is 0 Å². The van der Waals surface area contributed by atoms with Crippen LogP contribution in [0.4, 0.5) is 0 Å². The van der Waals surface area contributed by atoms with Gasteiger partial charge in [-0.3, -0.25) is 4.79 Å². The van der Waals surface area contributed by atoms with Crippen molar-refractivity contribution in [2.75, 3.05) is 6.61 Å². The minimum atomic E-state index is 0.0838. The third kappa shape index (κ3) is 4.33. The van der Waals surface area contributed by atoms with Gasteiger partial charge in [0.25, 0.3) is 0 Å². The molecule has 2 heteroatoms. The molecule has 2 aliphatic carbocycles. The molecule has 0 bridgehead atoms. The van der Waals surface area contributed by atoms with Crippen LogP contribution in [0.1, 0.15) is 70.6 Å². The quantitative estimate of drug-likeness (QED) is 0.690. The Bertz CT molecular complexity index is 225. The Hall–Kier alpha value is -0.530. The molecule has 0 N–H and O–H groups in total. The van der Waals surface area contributed by atoms with E-state index in [2.05, 4.69) is 0 Å². The molecule has 2 saturated carbocycles. The van der Waals surface area contributed by atoms with Crippen LogP contribution in [0.25, 0.3) is 0 Å². The molecule has 2 nitrogen and oxygen atoms in total. The zero-order chi connectivity index (χ0) is 11.9. The van der Waals surface area contributed by atoms with Gasteiger partial charge in [0.05, 0.1) is 12.5 Å². The van der Waals surface area contributed by atoms with E-state index in [9.17, 15) is 4.79 Å². The third-order valence-electron chi connectivity index (χ3n) is 4.43. The molecule has 0 saturated heterocycles. The highest BCUT2D eigenvalue weighted by atomic mass is 16.5. The molecule has 0 aromatic rings. The van der Waals surface area contributed by atoms with Gasteiger partial charge in [-0.05, 0) is 25.2 Å². The fraction of sp³-hybridized carbons (Fsp3) is 0.933. The average molecular weight is 238 g/mol. The monoisotopic (exact) mass is 238 g/mol. The summed E-state index contributed by atoms with van der Waals surface area (Å²) in [5.74, 6) is 1.12. The van der Waals surface area contributed by atoms with Crippen LogP contribution in [0.2, 0.25) is 0 Å². The van der Waals surface area contributed by atoms with Gasteiger partial charge in [0.1, 0.15) is 0 Å². The van der Waals surface area contributed by atoms with Crippen molar-refractivity contribution in [3.63, 3.8) is 0 Å². The Morgan fingerprint density at radius 3 is 2.12 bits per heavy atom. The number of hydrogen-bond acceptors (Lipinski definition) is 2. The van der Waals surface area contributed by atoms with Crippen LogP contribution in [0, 0.1) is 11.8 Å². The largest absolute Gasteiger partial charge is 0.465 e. The van der Waals surface area contributed by atoms with Crippen molar-refractivity contribution in [2.24, 2.45) is 11.8 Å². The van der Waals surface area contributed by atoms with E-state index in [0.717, 1.165) is 25.2 Å². The molecular formula is C15H26O2. The first-order chi connectivity index (χ1) is 8.36. The number of ether oxygens (including phenoxy) is 1. The summed E-state index contributed by atoms with van der Waals surface area (Å²) >= 11 is 0. The van der Waals surface area contributed by atoms with E-state index in [4.69, 9.17) is 4.74 Å². The Morgan fingerprint density at radius 1 is 0.882 bits per heavy atom. The molecule has 98 valence electrons. The van der Waals surface area contributed by atoms with Crippen molar-refractivity contribution in [1.29, 1.82) is 0 Å². The summed E-state index contributed by atoms with van der Waals surface area (Å²) in [7, 11) is 0. The molecule has 0 aliphatic heterocycles. The second-order valence-electron chi connectivity index (χ2n) is 5.80. The number of rotatable bonds is 4. The number of esters is 1. The van der Waals surface area contributed by atoms with Crippen LogP contribution in [-0.4, -0.2) is 12.6 Å². The van der Waals surface area contributed by atoms with E-state index in [1.54, 1.807) is 0 Å². The first-order valence-electron chi connectivity index (χ1n) is 7.53. The maximum Gasteiger partial charge on any atom is 0.308 e. The second kappa shape index (κ2) is 7.03. The van der Waals surface area contributed by atoms with Gasteiger partial charge in [0, 0.05) is 0 Å². The first-order valence-corrected chi connectivity index (χ1v) is 7.53. The molecule has 0 amide bonds. The number of carbonyl (C=O) groups is 1. The van der Waals surface area contributed by atoms with E-state index in [0.29, 0.717) is 6.61 Å². The highest BCUT2D eigenvalue weighted by molar-refractivity contribution is 5.72. The molecule has 2 rings (SSSR count). The van der Waals surface area contributed by atoms with Crippen LogP contribution in [0.15, 0.2) is 0 Å². The topological polar surface area (TPSA) is 26.3 Å². The highest BCUT2D eigenvalue weighted by Gasteiger charge is 2.22. The van der Waals surface area contributed by atoms with Crippen molar-refractivity contribution in [2.45, 2.75) is 70.6 Å². The molecule has 0 heterocycles. The Balaban J connectivity index is 1.58. The molecule has 0 atom stereocenters. The Morgan fingerprint density at radius 2 is 1.47 bits per heavy atom. The van der Waals surface area contributed by atoms with Crippen LogP contribution >= 0.6 is 0 Å². The Labute approximate surface area is 105 Å². The number of hydrogen-bond donors (Lipinski definition) is 0. The second-order valence-corrected chi connectivity index (χ2v) is 5.80. The molecule has 17 heavy (non-hydrogen) atoms. The van der Waals surface area contributed by atoms with Crippen LogP contribution in [-0.2, 0) is 9.53 Å². The maximum absolute atomic E-state index is 11.8. The lowest BCUT2D eigenvalue weighted by Crippen LogP contribution is -2.21. The van der Waals surface area contributed by atoms with Gasteiger partial charge >= 0.3 is 5.97 Å². The van der Waals surface area contributed by atoms with Crippen LogP contribution in [0.5, 0.6) is 0 Å². The van der Waals surface area contributed by atoms with Gasteiger partial charge in [-0.25, -0.2) is 0 Å².